The minimum atomic E-state index is -0.985. The largest absolute Gasteiger partial charge is 0.384 e. The van der Waals surface area contributed by atoms with Gasteiger partial charge in [-0.15, -0.1) is 0 Å². The van der Waals surface area contributed by atoms with Gasteiger partial charge in [0.2, 0.25) is 0 Å². The van der Waals surface area contributed by atoms with Gasteiger partial charge in [0, 0.05) is 11.1 Å². The number of benzene rings is 1. The van der Waals surface area contributed by atoms with Crippen LogP contribution in [-0.4, -0.2) is 30.2 Å². The van der Waals surface area contributed by atoms with Crippen molar-refractivity contribution in [3.8, 4) is 0 Å². The number of guanidine groups is 1. The summed E-state index contributed by atoms with van der Waals surface area (Å²) in [7, 11) is 0. The van der Waals surface area contributed by atoms with Gasteiger partial charge in [0.25, 0.3) is 0 Å². The molecule has 2 atom stereocenters. The van der Waals surface area contributed by atoms with Crippen molar-refractivity contribution >= 4 is 17.6 Å². The fraction of sp³-hybridized carbons (Fsp3) is 0.462. The Kier molecular flexibility index (Phi) is 3.78. The van der Waals surface area contributed by atoms with Crippen LogP contribution in [-0.2, 0) is 5.60 Å². The Balaban J connectivity index is 1.99. The van der Waals surface area contributed by atoms with Crippen LogP contribution in [0.25, 0.3) is 0 Å². The molecule has 0 spiro atoms. The van der Waals surface area contributed by atoms with Crippen LogP contribution in [0.5, 0.6) is 0 Å². The third-order valence-electron chi connectivity index (χ3n) is 2.95. The number of rotatable bonds is 3. The number of halogens is 1. The second-order valence-electron chi connectivity index (χ2n) is 4.87. The highest BCUT2D eigenvalue weighted by Gasteiger charge is 2.24. The lowest BCUT2D eigenvalue weighted by atomic mass is 9.96. The summed E-state index contributed by atoms with van der Waals surface area (Å²) in [5.41, 5.74) is -0.199. The molecule has 2 rings (SSSR count). The second kappa shape index (κ2) is 5.16. The predicted octanol–water partition coefficient (Wildman–Crippen LogP) is 1.48. The Bertz CT molecular complexity index is 459. The number of nitrogens with zero attached hydrogens (tertiary/aromatic N) is 1. The summed E-state index contributed by atoms with van der Waals surface area (Å²) >= 11 is 5.93. The molecule has 1 heterocycles. The first-order chi connectivity index (χ1) is 8.47. The summed E-state index contributed by atoms with van der Waals surface area (Å²) in [6, 6.07) is 7.61. The molecule has 1 aromatic carbocycles. The van der Waals surface area contributed by atoms with Gasteiger partial charge in [0.15, 0.2) is 5.96 Å². The first-order valence-electron chi connectivity index (χ1n) is 6.01. The lowest BCUT2D eigenvalue weighted by Gasteiger charge is -2.25. The summed E-state index contributed by atoms with van der Waals surface area (Å²) < 4.78 is 0. The topological polar surface area (TPSA) is 56.7 Å². The van der Waals surface area contributed by atoms with E-state index in [0.29, 0.717) is 17.6 Å². The van der Waals surface area contributed by atoms with Gasteiger partial charge in [-0.2, -0.15) is 0 Å². The number of aliphatic imine (C=N–C) groups is 1. The van der Waals surface area contributed by atoms with E-state index >= 15 is 0 Å². The fourth-order valence-corrected chi connectivity index (χ4v) is 2.03. The molecular formula is C13H18ClN3O. The molecule has 5 heteroatoms. The summed E-state index contributed by atoms with van der Waals surface area (Å²) in [5, 5.41) is 17.4. The molecule has 0 bridgehead atoms. The summed E-state index contributed by atoms with van der Waals surface area (Å²) in [6.45, 7) is 4.96. The lowest BCUT2D eigenvalue weighted by Crippen LogP contribution is -2.44. The van der Waals surface area contributed by atoms with E-state index in [9.17, 15) is 5.11 Å². The third-order valence-corrected chi connectivity index (χ3v) is 3.19. The Hall–Kier alpha value is -1.26. The maximum Gasteiger partial charge on any atom is 0.191 e. The van der Waals surface area contributed by atoms with Crippen molar-refractivity contribution in [2.45, 2.75) is 25.5 Å². The molecule has 0 saturated heterocycles. The lowest BCUT2D eigenvalue weighted by molar-refractivity contribution is 0.0617. The predicted molar refractivity (Wildman–Crippen MR) is 73.9 cm³/mol. The van der Waals surface area contributed by atoms with Gasteiger partial charge in [0.05, 0.1) is 13.1 Å². The van der Waals surface area contributed by atoms with Gasteiger partial charge in [-0.05, 0) is 31.5 Å². The molecule has 0 amide bonds. The average molecular weight is 268 g/mol. The maximum atomic E-state index is 10.4. The Morgan fingerprint density at radius 2 is 2.39 bits per heavy atom. The molecular weight excluding hydrogens is 250 g/mol. The Morgan fingerprint density at radius 1 is 1.61 bits per heavy atom. The second-order valence-corrected chi connectivity index (χ2v) is 5.31. The van der Waals surface area contributed by atoms with Crippen LogP contribution in [0, 0.1) is 0 Å². The maximum absolute atomic E-state index is 10.4. The van der Waals surface area contributed by atoms with Gasteiger partial charge >= 0.3 is 0 Å². The number of nitrogens with one attached hydrogen (secondary N) is 2. The molecule has 0 saturated carbocycles. The van der Waals surface area contributed by atoms with Crippen molar-refractivity contribution in [1.82, 2.24) is 10.6 Å². The smallest absolute Gasteiger partial charge is 0.191 e. The van der Waals surface area contributed by atoms with Crippen molar-refractivity contribution in [3.05, 3.63) is 34.9 Å². The van der Waals surface area contributed by atoms with Gasteiger partial charge in [0.1, 0.15) is 5.60 Å². The van der Waals surface area contributed by atoms with Crippen LogP contribution < -0.4 is 10.6 Å². The van der Waals surface area contributed by atoms with Crippen LogP contribution in [0.3, 0.4) is 0 Å². The SMILES string of the molecule is CC1CN=C(NCC(C)(O)c2cccc(Cl)c2)N1. The molecule has 4 nitrogen and oxygen atoms in total. The zero-order valence-electron chi connectivity index (χ0n) is 10.6. The highest BCUT2D eigenvalue weighted by molar-refractivity contribution is 6.30. The van der Waals surface area contributed by atoms with Crippen molar-refractivity contribution in [2.24, 2.45) is 4.99 Å². The molecule has 1 aliphatic rings. The zero-order valence-corrected chi connectivity index (χ0v) is 11.3. The highest BCUT2D eigenvalue weighted by atomic mass is 35.5. The number of hydrogen-bond donors (Lipinski definition) is 3. The van der Waals surface area contributed by atoms with Crippen LogP contribution in [0.4, 0.5) is 0 Å². The Morgan fingerprint density at radius 3 is 3.00 bits per heavy atom. The molecule has 0 fully saturated rings. The number of aliphatic hydroxyl groups is 1. The number of hydrogen-bond acceptors (Lipinski definition) is 4. The van der Waals surface area contributed by atoms with E-state index in [4.69, 9.17) is 11.6 Å². The summed E-state index contributed by atoms with van der Waals surface area (Å²) in [5.74, 6) is 0.741. The highest BCUT2D eigenvalue weighted by Crippen LogP contribution is 2.22. The monoisotopic (exact) mass is 267 g/mol. The summed E-state index contributed by atoms with van der Waals surface area (Å²) in [4.78, 5) is 4.29. The van der Waals surface area contributed by atoms with Gasteiger partial charge in [-0.3, -0.25) is 4.99 Å². The molecule has 1 aromatic rings. The molecule has 0 radical (unpaired) electrons. The van der Waals surface area contributed by atoms with Crippen molar-refractivity contribution in [3.63, 3.8) is 0 Å². The van der Waals surface area contributed by atoms with Crippen LogP contribution in [0.2, 0.25) is 5.02 Å². The Labute approximate surface area is 112 Å². The summed E-state index contributed by atoms with van der Waals surface area (Å²) in [6.07, 6.45) is 0. The first kappa shape index (κ1) is 13.2. The van der Waals surface area contributed by atoms with E-state index in [1.54, 1.807) is 19.1 Å². The zero-order chi connectivity index (χ0) is 13.2. The van der Waals surface area contributed by atoms with Gasteiger partial charge in [-0.25, -0.2) is 0 Å². The van der Waals surface area contributed by atoms with E-state index in [-0.39, 0.29) is 0 Å². The molecule has 1 aliphatic heterocycles. The molecule has 2 unspecified atom stereocenters. The minimum absolute atomic E-state index is 0.351. The van der Waals surface area contributed by atoms with Crippen LogP contribution in [0.15, 0.2) is 29.3 Å². The minimum Gasteiger partial charge on any atom is -0.384 e. The van der Waals surface area contributed by atoms with Crippen molar-refractivity contribution < 1.29 is 5.11 Å². The normalized spacial score (nSPS) is 22.0. The van der Waals surface area contributed by atoms with Crippen molar-refractivity contribution in [2.75, 3.05) is 13.1 Å². The molecule has 0 aromatic heterocycles. The molecule has 3 N–H and O–H groups in total. The molecule has 0 aliphatic carbocycles. The average Bonchev–Trinajstić information content (AvgIpc) is 2.73. The van der Waals surface area contributed by atoms with Crippen LogP contribution >= 0.6 is 11.6 Å². The van der Waals surface area contributed by atoms with E-state index in [2.05, 4.69) is 22.5 Å². The third kappa shape index (κ3) is 3.15. The van der Waals surface area contributed by atoms with Crippen molar-refractivity contribution in [1.29, 1.82) is 0 Å². The quantitative estimate of drug-likeness (QED) is 0.778. The van der Waals surface area contributed by atoms with E-state index in [1.165, 1.54) is 0 Å². The van der Waals surface area contributed by atoms with E-state index < -0.39 is 5.60 Å². The molecule has 98 valence electrons. The molecule has 18 heavy (non-hydrogen) atoms. The van der Waals surface area contributed by atoms with Crippen LogP contribution in [0.1, 0.15) is 19.4 Å². The van der Waals surface area contributed by atoms with E-state index in [0.717, 1.165) is 18.1 Å². The first-order valence-corrected chi connectivity index (χ1v) is 6.38. The van der Waals surface area contributed by atoms with E-state index in [1.807, 2.05) is 12.1 Å². The van der Waals surface area contributed by atoms with Gasteiger partial charge in [-0.1, -0.05) is 23.7 Å². The fourth-order valence-electron chi connectivity index (χ4n) is 1.84. The standard InChI is InChI=1S/C13H18ClN3O/c1-9-7-15-12(17-9)16-8-13(2,18)10-4-3-5-11(14)6-10/h3-6,9,18H,7-8H2,1-2H3,(H2,15,16,17). The van der Waals surface area contributed by atoms with Gasteiger partial charge < -0.3 is 15.7 Å².